The number of aromatic nitrogens is 3. The molecule has 118 valence electrons. The second-order valence-corrected chi connectivity index (χ2v) is 5.89. The fourth-order valence-electron chi connectivity index (χ4n) is 2.99. The quantitative estimate of drug-likeness (QED) is 0.860. The molecular weight excluding hydrogens is 290 g/mol. The number of carbonyl (C=O) groups excluding carboxylic acids is 1. The summed E-state index contributed by atoms with van der Waals surface area (Å²) in [6.07, 6.45) is 4.57. The maximum atomic E-state index is 12.3. The van der Waals surface area contributed by atoms with E-state index in [0.29, 0.717) is 5.92 Å². The van der Waals surface area contributed by atoms with Crippen molar-refractivity contribution in [3.8, 4) is 6.07 Å². The summed E-state index contributed by atoms with van der Waals surface area (Å²) in [5.41, 5.74) is 1.36. The molecule has 0 bridgehead atoms. The summed E-state index contributed by atoms with van der Waals surface area (Å²) in [6.45, 7) is 1.73. The van der Waals surface area contributed by atoms with E-state index in [1.807, 2.05) is 17.0 Å². The summed E-state index contributed by atoms with van der Waals surface area (Å²) in [7, 11) is 0. The van der Waals surface area contributed by atoms with Crippen molar-refractivity contribution in [1.29, 1.82) is 5.26 Å². The topological polar surface area (TPSA) is 74.8 Å². The summed E-state index contributed by atoms with van der Waals surface area (Å²) < 4.78 is 1.43. The molecule has 1 aromatic heterocycles. The average Bonchev–Trinajstić information content (AvgIpc) is 3.04. The van der Waals surface area contributed by atoms with Gasteiger partial charge in [0.1, 0.15) is 18.9 Å². The Morgan fingerprint density at radius 3 is 2.65 bits per heavy atom. The van der Waals surface area contributed by atoms with Gasteiger partial charge in [0.2, 0.25) is 5.91 Å². The number of hydrogen-bond donors (Lipinski definition) is 0. The summed E-state index contributed by atoms with van der Waals surface area (Å²) in [5.74, 6) is 0.773. The lowest BCUT2D eigenvalue weighted by Crippen LogP contribution is -2.40. The second kappa shape index (κ2) is 7.05. The molecule has 0 saturated carbocycles. The van der Waals surface area contributed by atoms with Crippen molar-refractivity contribution < 1.29 is 4.79 Å². The second-order valence-electron chi connectivity index (χ2n) is 5.89. The van der Waals surface area contributed by atoms with Crippen molar-refractivity contribution in [2.24, 2.45) is 5.92 Å². The van der Waals surface area contributed by atoms with Gasteiger partial charge in [0, 0.05) is 13.1 Å². The fraction of sp³-hybridized carbons (Fsp3) is 0.412. The van der Waals surface area contributed by atoms with Gasteiger partial charge in [0.05, 0.1) is 0 Å². The smallest absolute Gasteiger partial charge is 0.252 e. The van der Waals surface area contributed by atoms with Gasteiger partial charge in [-0.2, -0.15) is 5.26 Å². The molecule has 0 aliphatic carbocycles. The van der Waals surface area contributed by atoms with Gasteiger partial charge in [0.25, 0.3) is 5.82 Å². The van der Waals surface area contributed by atoms with Gasteiger partial charge >= 0.3 is 0 Å². The molecule has 23 heavy (non-hydrogen) atoms. The molecule has 3 rings (SSSR count). The molecule has 0 N–H and O–H groups in total. The minimum atomic E-state index is 0.0394. The molecule has 1 aliphatic heterocycles. The number of nitrogens with zero attached hydrogens (tertiary/aromatic N) is 5. The van der Waals surface area contributed by atoms with Crippen molar-refractivity contribution in [2.45, 2.75) is 25.8 Å². The molecule has 0 radical (unpaired) electrons. The summed E-state index contributed by atoms with van der Waals surface area (Å²) in [6, 6.07) is 12.4. The molecule has 6 nitrogen and oxygen atoms in total. The van der Waals surface area contributed by atoms with E-state index >= 15 is 0 Å². The average molecular weight is 309 g/mol. The summed E-state index contributed by atoms with van der Waals surface area (Å²) in [4.78, 5) is 18.0. The molecule has 1 amide bonds. The van der Waals surface area contributed by atoms with Crippen LogP contribution in [0.15, 0.2) is 36.7 Å². The zero-order chi connectivity index (χ0) is 16.1. The Labute approximate surface area is 135 Å². The Morgan fingerprint density at radius 1 is 1.26 bits per heavy atom. The van der Waals surface area contributed by atoms with Gasteiger partial charge in [0.15, 0.2) is 0 Å². The van der Waals surface area contributed by atoms with E-state index in [2.05, 4.69) is 34.3 Å². The van der Waals surface area contributed by atoms with Gasteiger partial charge in [-0.3, -0.25) is 4.79 Å². The number of rotatable bonds is 4. The first kappa shape index (κ1) is 15.2. The van der Waals surface area contributed by atoms with Crippen LogP contribution in [0.1, 0.15) is 24.2 Å². The molecule has 0 atom stereocenters. The third-order valence-corrected chi connectivity index (χ3v) is 4.27. The minimum absolute atomic E-state index is 0.0394. The SMILES string of the molecule is N#Cc1ncn(CC(=O)N2CCC(Cc3ccccc3)CC2)n1. The fourth-order valence-corrected chi connectivity index (χ4v) is 2.99. The van der Waals surface area contributed by atoms with E-state index in [4.69, 9.17) is 5.26 Å². The van der Waals surface area contributed by atoms with Crippen molar-refractivity contribution in [3.63, 3.8) is 0 Å². The Kier molecular flexibility index (Phi) is 4.67. The third kappa shape index (κ3) is 3.95. The first-order chi connectivity index (χ1) is 11.2. The van der Waals surface area contributed by atoms with E-state index in [1.54, 1.807) is 0 Å². The van der Waals surface area contributed by atoms with E-state index in [0.717, 1.165) is 32.4 Å². The van der Waals surface area contributed by atoms with Crippen LogP contribution >= 0.6 is 0 Å². The van der Waals surface area contributed by atoms with Crippen LogP contribution in [-0.2, 0) is 17.8 Å². The number of piperidine rings is 1. The van der Waals surface area contributed by atoms with Crippen LogP contribution in [-0.4, -0.2) is 38.7 Å². The zero-order valence-electron chi connectivity index (χ0n) is 12.9. The van der Waals surface area contributed by atoms with Crippen molar-refractivity contribution >= 4 is 5.91 Å². The number of hydrogen-bond acceptors (Lipinski definition) is 4. The zero-order valence-corrected chi connectivity index (χ0v) is 12.9. The summed E-state index contributed by atoms with van der Waals surface area (Å²) in [5, 5.41) is 12.6. The van der Waals surface area contributed by atoms with E-state index in [9.17, 15) is 4.79 Å². The van der Waals surface area contributed by atoms with Crippen LogP contribution in [0.25, 0.3) is 0 Å². The Bertz CT molecular complexity index is 695. The number of carbonyl (C=O) groups is 1. The molecule has 6 heteroatoms. The van der Waals surface area contributed by atoms with E-state index in [-0.39, 0.29) is 18.3 Å². The van der Waals surface area contributed by atoms with Crippen LogP contribution in [0.5, 0.6) is 0 Å². The van der Waals surface area contributed by atoms with Crippen LogP contribution in [0.3, 0.4) is 0 Å². The van der Waals surface area contributed by atoms with Crippen LogP contribution in [0, 0.1) is 17.2 Å². The minimum Gasteiger partial charge on any atom is -0.341 e. The monoisotopic (exact) mass is 309 g/mol. The first-order valence-corrected chi connectivity index (χ1v) is 7.86. The molecule has 0 spiro atoms. The predicted molar refractivity (Wildman–Crippen MR) is 84.2 cm³/mol. The third-order valence-electron chi connectivity index (χ3n) is 4.27. The number of nitriles is 1. The highest BCUT2D eigenvalue weighted by Crippen LogP contribution is 2.21. The molecule has 1 fully saturated rings. The molecule has 2 heterocycles. The van der Waals surface area contributed by atoms with E-state index in [1.165, 1.54) is 16.6 Å². The molecule has 2 aromatic rings. The van der Waals surface area contributed by atoms with Gasteiger partial charge < -0.3 is 4.90 Å². The molecule has 1 aliphatic rings. The highest BCUT2D eigenvalue weighted by Gasteiger charge is 2.23. The highest BCUT2D eigenvalue weighted by atomic mass is 16.2. The number of likely N-dealkylation sites (tertiary alicyclic amines) is 1. The molecule has 1 aromatic carbocycles. The Morgan fingerprint density at radius 2 is 2.00 bits per heavy atom. The highest BCUT2D eigenvalue weighted by molar-refractivity contribution is 5.75. The molecular formula is C17H19N5O. The standard InChI is InChI=1S/C17H19N5O/c18-11-16-19-13-22(20-16)12-17(23)21-8-6-15(7-9-21)10-14-4-2-1-3-5-14/h1-5,13,15H,6-10,12H2. The van der Waals surface area contributed by atoms with Crippen molar-refractivity contribution in [2.75, 3.05) is 13.1 Å². The number of amides is 1. The maximum Gasteiger partial charge on any atom is 0.252 e. The van der Waals surface area contributed by atoms with Crippen LogP contribution in [0.4, 0.5) is 0 Å². The first-order valence-electron chi connectivity index (χ1n) is 7.86. The number of benzene rings is 1. The Hall–Kier alpha value is -2.68. The lowest BCUT2D eigenvalue weighted by atomic mass is 9.90. The lowest BCUT2D eigenvalue weighted by Gasteiger charge is -2.32. The van der Waals surface area contributed by atoms with Gasteiger partial charge in [-0.05, 0) is 30.7 Å². The van der Waals surface area contributed by atoms with Gasteiger partial charge in [-0.15, -0.1) is 5.10 Å². The van der Waals surface area contributed by atoms with Crippen molar-refractivity contribution in [1.82, 2.24) is 19.7 Å². The van der Waals surface area contributed by atoms with Crippen LogP contribution in [0.2, 0.25) is 0 Å². The summed E-state index contributed by atoms with van der Waals surface area (Å²) >= 11 is 0. The molecule has 1 saturated heterocycles. The van der Waals surface area contributed by atoms with Crippen molar-refractivity contribution in [3.05, 3.63) is 48.0 Å². The Balaban J connectivity index is 1.48. The van der Waals surface area contributed by atoms with Gasteiger partial charge in [-0.25, -0.2) is 9.67 Å². The molecule has 0 unspecified atom stereocenters. The van der Waals surface area contributed by atoms with Gasteiger partial charge in [-0.1, -0.05) is 30.3 Å². The lowest BCUT2D eigenvalue weighted by molar-refractivity contribution is -0.133. The largest absolute Gasteiger partial charge is 0.341 e. The normalized spacial score (nSPS) is 15.3. The van der Waals surface area contributed by atoms with Crippen LogP contribution < -0.4 is 0 Å². The predicted octanol–water partition coefficient (Wildman–Crippen LogP) is 1.63. The van der Waals surface area contributed by atoms with E-state index < -0.39 is 0 Å². The maximum absolute atomic E-state index is 12.3.